The lowest BCUT2D eigenvalue weighted by atomic mass is 9.63. The van der Waals surface area contributed by atoms with E-state index in [2.05, 4.69) is 0 Å². The molecule has 0 aromatic heterocycles. The molecule has 1 saturated carbocycles. The van der Waals surface area contributed by atoms with Crippen molar-refractivity contribution in [2.45, 2.75) is 51.0 Å². The van der Waals surface area contributed by atoms with E-state index < -0.39 is 29.3 Å². The molecule has 0 unspecified atom stereocenters. The lowest BCUT2D eigenvalue weighted by Crippen LogP contribution is -2.50. The van der Waals surface area contributed by atoms with Crippen molar-refractivity contribution < 1.29 is 14.7 Å². The molecule has 2 amide bonds. The van der Waals surface area contributed by atoms with Gasteiger partial charge in [-0.3, -0.25) is 9.59 Å². The fraction of sp³-hybridized carbons (Fsp3) is 0.526. The van der Waals surface area contributed by atoms with E-state index >= 15 is 0 Å². The molecule has 1 fully saturated rings. The summed E-state index contributed by atoms with van der Waals surface area (Å²) < 4.78 is 0. The summed E-state index contributed by atoms with van der Waals surface area (Å²) in [7, 11) is 0. The molecule has 2 atom stereocenters. The van der Waals surface area contributed by atoms with Crippen LogP contribution in [0.3, 0.4) is 0 Å². The summed E-state index contributed by atoms with van der Waals surface area (Å²) in [6.07, 6.45) is 5.57. The van der Waals surface area contributed by atoms with Gasteiger partial charge in [-0.15, -0.1) is 0 Å². The van der Waals surface area contributed by atoms with Crippen LogP contribution in [0, 0.1) is 17.8 Å². The number of rotatable bonds is 8. The Bertz CT molecular complexity index is 553. The second-order valence-electron chi connectivity index (χ2n) is 6.76. The van der Waals surface area contributed by atoms with Gasteiger partial charge in [0.1, 0.15) is 0 Å². The van der Waals surface area contributed by atoms with Gasteiger partial charge in [-0.25, -0.2) is 0 Å². The lowest BCUT2D eigenvalue weighted by Gasteiger charge is -2.40. The minimum atomic E-state index is -0.911. The predicted molar refractivity (Wildman–Crippen MR) is 92.5 cm³/mol. The molecule has 0 saturated heterocycles. The highest BCUT2D eigenvalue weighted by Gasteiger charge is 2.48. The van der Waals surface area contributed by atoms with E-state index in [9.17, 15) is 14.7 Å². The molecule has 0 aliphatic heterocycles. The normalized spacial score (nSPS) is 19.4. The first-order chi connectivity index (χ1) is 11.5. The van der Waals surface area contributed by atoms with E-state index in [1.54, 1.807) is 6.42 Å². The van der Waals surface area contributed by atoms with Crippen molar-refractivity contribution in [3.8, 4) is 0 Å². The van der Waals surface area contributed by atoms with Crippen LogP contribution in [0.2, 0.25) is 0 Å². The van der Waals surface area contributed by atoms with Gasteiger partial charge < -0.3 is 16.6 Å². The van der Waals surface area contributed by atoms with Crippen molar-refractivity contribution in [2.75, 3.05) is 0 Å². The quantitative estimate of drug-likeness (QED) is 0.675. The molecule has 5 N–H and O–H groups in total. The minimum Gasteiger partial charge on any atom is -0.393 e. The number of benzene rings is 1. The van der Waals surface area contributed by atoms with Crippen molar-refractivity contribution in [2.24, 2.45) is 22.8 Å². The molecule has 0 heterocycles. The third kappa shape index (κ3) is 4.35. The van der Waals surface area contributed by atoms with Crippen LogP contribution in [0.5, 0.6) is 0 Å². The van der Waals surface area contributed by atoms with Gasteiger partial charge in [-0.1, -0.05) is 49.6 Å². The number of nitrogens with two attached hydrogens (primary N) is 2. The van der Waals surface area contributed by atoms with Crippen molar-refractivity contribution >= 4 is 11.8 Å². The fourth-order valence-electron chi connectivity index (χ4n) is 3.79. The molecule has 131 valence electrons. The topological polar surface area (TPSA) is 106 Å². The number of primary amides is 2. The summed E-state index contributed by atoms with van der Waals surface area (Å²) in [6.45, 7) is 0. The van der Waals surface area contributed by atoms with E-state index in [1.807, 2.05) is 30.3 Å². The van der Waals surface area contributed by atoms with Crippen LogP contribution < -0.4 is 11.5 Å². The maximum absolute atomic E-state index is 12.1. The van der Waals surface area contributed by atoms with Gasteiger partial charge in [-0.05, 0) is 37.7 Å². The monoisotopic (exact) mass is 331 g/mol. The Labute approximate surface area is 143 Å². The average Bonchev–Trinajstić information content (AvgIpc) is 2.59. The largest absolute Gasteiger partial charge is 0.393 e. The number of aliphatic hydroxyl groups excluding tert-OH is 1. The number of amides is 2. The van der Waals surface area contributed by atoms with Crippen molar-refractivity contribution in [1.82, 2.24) is 0 Å². The third-order valence-electron chi connectivity index (χ3n) is 5.19. The Morgan fingerprint density at radius 2 is 1.75 bits per heavy atom. The molecular weight excluding hydrogens is 304 g/mol. The van der Waals surface area contributed by atoms with Crippen molar-refractivity contribution in [1.29, 1.82) is 0 Å². The first kappa shape index (κ1) is 18.5. The Kier molecular flexibility index (Phi) is 6.37. The summed E-state index contributed by atoms with van der Waals surface area (Å²) in [6, 6.07) is 9.75. The molecule has 1 aromatic rings. The summed E-state index contributed by atoms with van der Waals surface area (Å²) in [5.41, 5.74) is 11.4. The number of hydrogen-bond acceptors (Lipinski definition) is 3. The summed E-state index contributed by atoms with van der Waals surface area (Å²) in [4.78, 5) is 24.1. The number of carbonyl (C=O) groups is 2. The number of carbonyl (C=O) groups excluding carboxylic acids is 2. The SMILES string of the molecule is NC(=O)[C@H](C[C@@H](O)[CH]Cc1ccccc1)C1(C(N)=O)CCCCC1. The molecule has 0 bridgehead atoms. The van der Waals surface area contributed by atoms with Crippen LogP contribution in [0.25, 0.3) is 0 Å². The van der Waals surface area contributed by atoms with Crippen LogP contribution in [0.4, 0.5) is 0 Å². The molecule has 0 spiro atoms. The Morgan fingerprint density at radius 1 is 1.12 bits per heavy atom. The zero-order valence-corrected chi connectivity index (χ0v) is 14.0. The van der Waals surface area contributed by atoms with Crippen LogP contribution >= 0.6 is 0 Å². The van der Waals surface area contributed by atoms with Gasteiger partial charge in [0.05, 0.1) is 17.4 Å². The van der Waals surface area contributed by atoms with Gasteiger partial charge >= 0.3 is 0 Å². The first-order valence-electron chi connectivity index (χ1n) is 8.60. The standard InChI is InChI=1S/C19H27N2O3/c20-17(23)16(19(18(21)24)11-5-2-6-12-19)13-15(22)10-9-14-7-3-1-4-8-14/h1,3-4,7-8,10,15-16,22H,2,5-6,9,11-13H2,(H2,20,23)(H2,21,24)/t15-,16-/m0/s1. The zero-order valence-electron chi connectivity index (χ0n) is 14.0. The van der Waals surface area contributed by atoms with Gasteiger partial charge in [-0.2, -0.15) is 0 Å². The highest BCUT2D eigenvalue weighted by molar-refractivity contribution is 5.89. The summed E-state index contributed by atoms with van der Waals surface area (Å²) >= 11 is 0. The highest BCUT2D eigenvalue weighted by Crippen LogP contribution is 2.44. The molecule has 2 rings (SSSR count). The van der Waals surface area contributed by atoms with Gasteiger partial charge in [0.15, 0.2) is 0 Å². The maximum Gasteiger partial charge on any atom is 0.224 e. The molecule has 5 heteroatoms. The van der Waals surface area contributed by atoms with Gasteiger partial charge in [0, 0.05) is 0 Å². The molecular formula is C19H27N2O3. The average molecular weight is 331 g/mol. The van der Waals surface area contributed by atoms with Gasteiger partial charge in [0.2, 0.25) is 11.8 Å². The second kappa shape index (κ2) is 8.29. The van der Waals surface area contributed by atoms with E-state index in [1.165, 1.54) is 0 Å². The van der Waals surface area contributed by atoms with E-state index in [0.717, 1.165) is 24.8 Å². The maximum atomic E-state index is 12.1. The smallest absolute Gasteiger partial charge is 0.224 e. The van der Waals surface area contributed by atoms with E-state index in [0.29, 0.717) is 19.3 Å². The first-order valence-corrected chi connectivity index (χ1v) is 8.60. The zero-order chi connectivity index (χ0) is 17.6. The lowest BCUT2D eigenvalue weighted by molar-refractivity contribution is -0.142. The van der Waals surface area contributed by atoms with E-state index in [-0.39, 0.29) is 6.42 Å². The van der Waals surface area contributed by atoms with Crippen LogP contribution in [0.15, 0.2) is 30.3 Å². The van der Waals surface area contributed by atoms with Crippen LogP contribution in [0.1, 0.15) is 44.1 Å². The molecule has 24 heavy (non-hydrogen) atoms. The van der Waals surface area contributed by atoms with Gasteiger partial charge in [0.25, 0.3) is 0 Å². The van der Waals surface area contributed by atoms with Crippen molar-refractivity contribution in [3.63, 3.8) is 0 Å². The fourth-order valence-corrected chi connectivity index (χ4v) is 3.79. The highest BCUT2D eigenvalue weighted by atomic mass is 16.3. The number of aliphatic hydroxyl groups is 1. The Hall–Kier alpha value is -1.88. The van der Waals surface area contributed by atoms with E-state index in [4.69, 9.17) is 11.5 Å². The Morgan fingerprint density at radius 3 is 2.29 bits per heavy atom. The Balaban J connectivity index is 2.04. The molecule has 1 aliphatic rings. The second-order valence-corrected chi connectivity index (χ2v) is 6.76. The van der Waals surface area contributed by atoms with Crippen LogP contribution in [-0.2, 0) is 16.0 Å². The third-order valence-corrected chi connectivity index (χ3v) is 5.19. The molecule has 5 nitrogen and oxygen atoms in total. The molecule has 1 aromatic carbocycles. The summed E-state index contributed by atoms with van der Waals surface area (Å²) in [5, 5.41) is 10.3. The summed E-state index contributed by atoms with van der Waals surface area (Å²) in [5.74, 6) is -1.75. The van der Waals surface area contributed by atoms with Crippen molar-refractivity contribution in [3.05, 3.63) is 42.3 Å². The minimum absolute atomic E-state index is 0.144. The molecule has 1 radical (unpaired) electrons. The number of hydrogen-bond donors (Lipinski definition) is 3. The molecule has 1 aliphatic carbocycles. The predicted octanol–water partition coefficient (Wildman–Crippen LogP) is 1.72. The van der Waals surface area contributed by atoms with Crippen LogP contribution in [-0.4, -0.2) is 23.0 Å².